The second kappa shape index (κ2) is 12.2. The zero-order valence-electron chi connectivity index (χ0n) is 15.2. The molecule has 0 unspecified atom stereocenters. The maximum atomic E-state index is 12.4. The van der Waals surface area contributed by atoms with Gasteiger partial charge in [-0.2, -0.15) is 13.2 Å². The van der Waals surface area contributed by atoms with Crippen LogP contribution in [0.1, 0.15) is 24.8 Å². The molecule has 0 spiro atoms. The first-order valence-corrected chi connectivity index (χ1v) is 8.67. The Labute approximate surface area is 174 Å². The van der Waals surface area contributed by atoms with Gasteiger partial charge < -0.3 is 20.1 Å². The average molecular weight is 502 g/mol. The number of aliphatic imine (C=N–C) groups is 1. The first-order chi connectivity index (χ1) is 12.5. The second-order valence-electron chi connectivity index (χ2n) is 6.03. The van der Waals surface area contributed by atoms with Crippen molar-refractivity contribution >= 4 is 29.9 Å². The van der Waals surface area contributed by atoms with Crippen molar-refractivity contribution in [2.75, 3.05) is 40.0 Å². The molecule has 0 radical (unpaired) electrons. The van der Waals surface area contributed by atoms with E-state index in [1.807, 2.05) is 0 Å². The van der Waals surface area contributed by atoms with E-state index in [4.69, 9.17) is 9.47 Å². The van der Waals surface area contributed by atoms with Gasteiger partial charge in [-0.1, -0.05) is 0 Å². The van der Waals surface area contributed by atoms with Gasteiger partial charge in [0.1, 0.15) is 6.61 Å². The summed E-state index contributed by atoms with van der Waals surface area (Å²) in [7, 11) is 1.66. The van der Waals surface area contributed by atoms with Gasteiger partial charge >= 0.3 is 6.18 Å². The van der Waals surface area contributed by atoms with Gasteiger partial charge in [0.2, 0.25) is 5.88 Å². The van der Waals surface area contributed by atoms with Crippen molar-refractivity contribution in [3.8, 4) is 5.88 Å². The summed E-state index contributed by atoms with van der Waals surface area (Å²) in [5.41, 5.74) is -0.798. The van der Waals surface area contributed by atoms with E-state index in [9.17, 15) is 13.2 Å². The standard InChI is InChI=1S/C17H25F3N4O2.HI/c1-21-16(22-7-2-9-25-12-13-3-4-13)23-8-10-26-15-6-5-14(11-24-15)17(18,19)20;/h5-6,11,13H,2-4,7-10,12H2,1H3,(H2,21,22,23);1H. The predicted octanol–water partition coefficient (Wildman–Crippen LogP) is 3.08. The minimum Gasteiger partial charge on any atom is -0.476 e. The molecule has 0 aromatic carbocycles. The van der Waals surface area contributed by atoms with Gasteiger partial charge in [0.05, 0.1) is 12.1 Å². The summed E-state index contributed by atoms with van der Waals surface area (Å²) >= 11 is 0. The third-order valence-corrected chi connectivity index (χ3v) is 3.74. The number of ether oxygens (including phenoxy) is 2. The van der Waals surface area contributed by atoms with Crippen LogP contribution in [0.5, 0.6) is 5.88 Å². The summed E-state index contributed by atoms with van der Waals surface area (Å²) in [5.74, 6) is 1.56. The highest BCUT2D eigenvalue weighted by Crippen LogP contribution is 2.29. The Hall–Kier alpha value is -1.30. The Morgan fingerprint density at radius 1 is 1.22 bits per heavy atom. The number of alkyl halides is 3. The first-order valence-electron chi connectivity index (χ1n) is 8.67. The number of guanidine groups is 1. The van der Waals surface area contributed by atoms with Crippen LogP contribution in [0.25, 0.3) is 0 Å². The fraction of sp³-hybridized carbons (Fsp3) is 0.647. The lowest BCUT2D eigenvalue weighted by Crippen LogP contribution is -2.39. The molecule has 0 bridgehead atoms. The van der Waals surface area contributed by atoms with Crippen molar-refractivity contribution in [3.63, 3.8) is 0 Å². The fourth-order valence-corrected chi connectivity index (χ4v) is 2.09. The van der Waals surface area contributed by atoms with E-state index < -0.39 is 11.7 Å². The Bertz CT molecular complexity index is 566. The highest BCUT2D eigenvalue weighted by Gasteiger charge is 2.30. The smallest absolute Gasteiger partial charge is 0.417 e. The van der Waals surface area contributed by atoms with Crippen LogP contribution in [-0.2, 0) is 10.9 Å². The van der Waals surface area contributed by atoms with E-state index in [0.717, 1.165) is 44.4 Å². The normalized spacial score (nSPS) is 14.4. The SMILES string of the molecule is CN=C(NCCCOCC1CC1)NCCOc1ccc(C(F)(F)F)cn1.I. The Balaban J connectivity index is 0.00000364. The van der Waals surface area contributed by atoms with Gasteiger partial charge in [0.25, 0.3) is 0 Å². The van der Waals surface area contributed by atoms with Crippen LogP contribution in [-0.4, -0.2) is 50.9 Å². The number of nitrogens with zero attached hydrogens (tertiary/aromatic N) is 2. The Kier molecular flexibility index (Phi) is 10.7. The van der Waals surface area contributed by atoms with Crippen LogP contribution < -0.4 is 15.4 Å². The van der Waals surface area contributed by atoms with E-state index >= 15 is 0 Å². The van der Waals surface area contributed by atoms with Gasteiger partial charge in [-0.3, -0.25) is 4.99 Å². The van der Waals surface area contributed by atoms with Crippen LogP contribution in [0.2, 0.25) is 0 Å². The van der Waals surface area contributed by atoms with E-state index in [1.54, 1.807) is 7.05 Å². The summed E-state index contributed by atoms with van der Waals surface area (Å²) in [6.45, 7) is 3.03. The molecule has 1 aliphatic rings. The Morgan fingerprint density at radius 2 is 1.96 bits per heavy atom. The molecule has 27 heavy (non-hydrogen) atoms. The second-order valence-corrected chi connectivity index (χ2v) is 6.03. The number of pyridine rings is 1. The van der Waals surface area contributed by atoms with Crippen molar-refractivity contribution in [2.45, 2.75) is 25.4 Å². The molecule has 6 nitrogen and oxygen atoms in total. The van der Waals surface area contributed by atoms with Gasteiger partial charge in [-0.25, -0.2) is 4.98 Å². The molecule has 1 heterocycles. The molecule has 0 saturated heterocycles. The number of hydrogen-bond acceptors (Lipinski definition) is 4. The van der Waals surface area contributed by atoms with Gasteiger partial charge in [0.15, 0.2) is 5.96 Å². The van der Waals surface area contributed by atoms with Crippen molar-refractivity contribution in [3.05, 3.63) is 23.9 Å². The van der Waals surface area contributed by atoms with E-state index in [0.29, 0.717) is 12.5 Å². The molecule has 1 saturated carbocycles. The molecule has 0 amide bonds. The lowest BCUT2D eigenvalue weighted by Gasteiger charge is -2.12. The molecule has 1 aromatic heterocycles. The van der Waals surface area contributed by atoms with Gasteiger partial charge in [-0.15, -0.1) is 24.0 Å². The highest BCUT2D eigenvalue weighted by atomic mass is 127. The Morgan fingerprint density at radius 3 is 2.56 bits per heavy atom. The number of nitrogens with one attached hydrogen (secondary N) is 2. The lowest BCUT2D eigenvalue weighted by molar-refractivity contribution is -0.137. The zero-order chi connectivity index (χ0) is 18.8. The molecule has 1 aliphatic carbocycles. The van der Waals surface area contributed by atoms with Crippen molar-refractivity contribution < 1.29 is 22.6 Å². The quantitative estimate of drug-likeness (QED) is 0.223. The lowest BCUT2D eigenvalue weighted by atomic mass is 10.3. The number of hydrogen-bond donors (Lipinski definition) is 2. The van der Waals surface area contributed by atoms with E-state index in [-0.39, 0.29) is 36.5 Å². The first kappa shape index (κ1) is 23.7. The molecular weight excluding hydrogens is 476 g/mol. The summed E-state index contributed by atoms with van der Waals surface area (Å²) in [5, 5.41) is 6.22. The molecule has 0 atom stereocenters. The molecule has 1 fully saturated rings. The van der Waals surface area contributed by atoms with E-state index in [2.05, 4.69) is 20.6 Å². The summed E-state index contributed by atoms with van der Waals surface area (Å²) in [6.07, 6.45) is -0.167. The number of aromatic nitrogens is 1. The van der Waals surface area contributed by atoms with Crippen LogP contribution in [0.4, 0.5) is 13.2 Å². The van der Waals surface area contributed by atoms with Gasteiger partial charge in [0, 0.05) is 39.1 Å². The highest BCUT2D eigenvalue weighted by molar-refractivity contribution is 14.0. The molecule has 0 aliphatic heterocycles. The molecule has 2 N–H and O–H groups in total. The van der Waals surface area contributed by atoms with Crippen molar-refractivity contribution in [1.82, 2.24) is 15.6 Å². The number of halogens is 4. The third-order valence-electron chi connectivity index (χ3n) is 3.74. The summed E-state index contributed by atoms with van der Waals surface area (Å²) in [4.78, 5) is 7.73. The fourth-order valence-electron chi connectivity index (χ4n) is 2.09. The summed E-state index contributed by atoms with van der Waals surface area (Å²) in [6, 6.07) is 2.15. The van der Waals surface area contributed by atoms with E-state index in [1.165, 1.54) is 18.9 Å². The topological polar surface area (TPSA) is 67.8 Å². The van der Waals surface area contributed by atoms with Crippen molar-refractivity contribution in [1.29, 1.82) is 0 Å². The molecule has 2 rings (SSSR count). The molecule has 154 valence electrons. The van der Waals surface area contributed by atoms with Crippen LogP contribution >= 0.6 is 24.0 Å². The summed E-state index contributed by atoms with van der Waals surface area (Å²) < 4.78 is 48.2. The van der Waals surface area contributed by atoms with Gasteiger partial charge in [-0.05, 0) is 31.2 Å². The molecule has 1 aromatic rings. The number of rotatable bonds is 10. The van der Waals surface area contributed by atoms with Crippen LogP contribution in [0.15, 0.2) is 23.3 Å². The third kappa shape index (κ3) is 9.99. The molecule has 10 heteroatoms. The zero-order valence-corrected chi connectivity index (χ0v) is 17.5. The monoisotopic (exact) mass is 502 g/mol. The minimum absolute atomic E-state index is 0. The van der Waals surface area contributed by atoms with Crippen molar-refractivity contribution in [2.24, 2.45) is 10.9 Å². The van der Waals surface area contributed by atoms with Crippen LogP contribution in [0, 0.1) is 5.92 Å². The predicted molar refractivity (Wildman–Crippen MR) is 108 cm³/mol. The molecular formula is C17H26F3IN4O2. The minimum atomic E-state index is -4.39. The maximum Gasteiger partial charge on any atom is 0.417 e. The maximum absolute atomic E-state index is 12.4. The van der Waals surface area contributed by atoms with Crippen LogP contribution in [0.3, 0.4) is 0 Å². The largest absolute Gasteiger partial charge is 0.476 e. The average Bonchev–Trinajstić information content (AvgIpc) is 3.43.